The molecule has 118 valence electrons. The molecular formula is C14H16F2N4OS. The molecule has 1 unspecified atom stereocenters. The maximum Gasteiger partial charge on any atom is 0.273 e. The third-order valence-corrected chi connectivity index (χ3v) is 4.77. The minimum atomic E-state index is -2.60. The van der Waals surface area contributed by atoms with Crippen LogP contribution in [0.1, 0.15) is 34.5 Å². The molecule has 0 aliphatic carbocycles. The van der Waals surface area contributed by atoms with E-state index in [2.05, 4.69) is 10.1 Å². The number of hydrogen-bond donors (Lipinski definition) is 0. The van der Waals surface area contributed by atoms with Gasteiger partial charge in [-0.15, -0.1) is 11.3 Å². The van der Waals surface area contributed by atoms with Crippen molar-refractivity contribution in [1.29, 1.82) is 0 Å². The summed E-state index contributed by atoms with van der Waals surface area (Å²) in [5.41, 5.74) is 0.140. The largest absolute Gasteiger partial charge is 0.338 e. The fourth-order valence-corrected chi connectivity index (χ4v) is 3.56. The number of aromatic nitrogens is 3. The number of halogens is 2. The van der Waals surface area contributed by atoms with Gasteiger partial charge in [0.1, 0.15) is 12.7 Å². The van der Waals surface area contributed by atoms with Gasteiger partial charge in [0.2, 0.25) is 0 Å². The van der Waals surface area contributed by atoms with Gasteiger partial charge in [0.05, 0.1) is 10.4 Å². The summed E-state index contributed by atoms with van der Waals surface area (Å²) in [5, 5.41) is 5.62. The van der Waals surface area contributed by atoms with Crippen molar-refractivity contribution in [2.24, 2.45) is 5.92 Å². The van der Waals surface area contributed by atoms with Gasteiger partial charge in [-0.05, 0) is 30.2 Å². The molecule has 8 heteroatoms. The monoisotopic (exact) mass is 326 g/mol. The molecule has 2 aromatic heterocycles. The molecule has 5 nitrogen and oxygen atoms in total. The van der Waals surface area contributed by atoms with E-state index in [0.717, 1.165) is 24.2 Å². The zero-order valence-electron chi connectivity index (χ0n) is 11.9. The first-order valence-corrected chi connectivity index (χ1v) is 8.00. The lowest BCUT2D eigenvalue weighted by atomic mass is 9.97. The zero-order chi connectivity index (χ0) is 15.5. The van der Waals surface area contributed by atoms with Crippen LogP contribution in [0.3, 0.4) is 0 Å². The summed E-state index contributed by atoms with van der Waals surface area (Å²) in [6.45, 7) is 1.87. The second-order valence-corrected chi connectivity index (χ2v) is 6.32. The Hall–Kier alpha value is -1.83. The number of alkyl halides is 2. The normalized spacial score (nSPS) is 18.9. The van der Waals surface area contributed by atoms with E-state index < -0.39 is 6.43 Å². The Kier molecular flexibility index (Phi) is 4.47. The summed E-state index contributed by atoms with van der Waals surface area (Å²) in [4.78, 5) is 17.9. The average molecular weight is 326 g/mol. The second-order valence-electron chi connectivity index (χ2n) is 5.38. The van der Waals surface area contributed by atoms with E-state index >= 15 is 0 Å². The van der Waals surface area contributed by atoms with E-state index in [4.69, 9.17) is 0 Å². The van der Waals surface area contributed by atoms with Gasteiger partial charge in [0, 0.05) is 19.6 Å². The fourth-order valence-electron chi connectivity index (χ4n) is 2.83. The summed E-state index contributed by atoms with van der Waals surface area (Å²) in [5.74, 6) is -0.0205. The Morgan fingerprint density at radius 2 is 2.36 bits per heavy atom. The maximum absolute atomic E-state index is 12.9. The summed E-state index contributed by atoms with van der Waals surface area (Å²) < 4.78 is 27.6. The molecule has 1 saturated heterocycles. The van der Waals surface area contributed by atoms with Gasteiger partial charge < -0.3 is 4.90 Å². The molecule has 3 rings (SSSR count). The Bertz CT molecular complexity index is 629. The van der Waals surface area contributed by atoms with Gasteiger partial charge in [-0.1, -0.05) is 0 Å². The van der Waals surface area contributed by atoms with Crippen LogP contribution >= 0.6 is 11.3 Å². The third-order valence-electron chi connectivity index (χ3n) is 3.84. The smallest absolute Gasteiger partial charge is 0.273 e. The van der Waals surface area contributed by atoms with Crippen molar-refractivity contribution in [1.82, 2.24) is 19.7 Å². The number of likely N-dealkylation sites (tertiary alicyclic amines) is 1. The predicted octanol–water partition coefficient (Wildman–Crippen LogP) is 2.83. The Balaban J connectivity index is 1.68. The zero-order valence-corrected chi connectivity index (χ0v) is 12.7. The van der Waals surface area contributed by atoms with Crippen molar-refractivity contribution in [2.75, 3.05) is 13.1 Å². The van der Waals surface area contributed by atoms with Gasteiger partial charge in [0.15, 0.2) is 0 Å². The maximum atomic E-state index is 12.9. The molecule has 3 heterocycles. The predicted molar refractivity (Wildman–Crippen MR) is 77.9 cm³/mol. The summed E-state index contributed by atoms with van der Waals surface area (Å²) in [6.07, 6.45) is 2.39. The molecule has 22 heavy (non-hydrogen) atoms. The molecule has 1 atom stereocenters. The number of hydrogen-bond acceptors (Lipinski definition) is 4. The van der Waals surface area contributed by atoms with Crippen molar-refractivity contribution >= 4 is 17.2 Å². The Labute approximate surface area is 130 Å². The number of rotatable bonds is 4. The molecule has 0 bridgehead atoms. The molecule has 0 saturated carbocycles. The van der Waals surface area contributed by atoms with E-state index in [-0.39, 0.29) is 22.3 Å². The van der Waals surface area contributed by atoms with Gasteiger partial charge in [-0.25, -0.2) is 13.8 Å². The quantitative estimate of drug-likeness (QED) is 0.868. The van der Waals surface area contributed by atoms with E-state index in [0.29, 0.717) is 19.6 Å². The minimum Gasteiger partial charge on any atom is -0.338 e. The highest BCUT2D eigenvalue weighted by Crippen LogP contribution is 2.30. The van der Waals surface area contributed by atoms with E-state index in [1.807, 2.05) is 0 Å². The van der Waals surface area contributed by atoms with Crippen molar-refractivity contribution in [3.05, 3.63) is 34.5 Å². The van der Waals surface area contributed by atoms with Crippen LogP contribution in [0.2, 0.25) is 0 Å². The van der Waals surface area contributed by atoms with Crippen molar-refractivity contribution in [3.63, 3.8) is 0 Å². The van der Waals surface area contributed by atoms with Crippen LogP contribution in [0.25, 0.3) is 0 Å². The number of nitrogens with zero attached hydrogens (tertiary/aromatic N) is 4. The topological polar surface area (TPSA) is 51.0 Å². The first kappa shape index (κ1) is 15.1. The molecule has 1 aliphatic heterocycles. The third kappa shape index (κ3) is 3.16. The lowest BCUT2D eigenvalue weighted by Gasteiger charge is -2.32. The first-order chi connectivity index (χ1) is 10.6. The van der Waals surface area contributed by atoms with E-state index in [9.17, 15) is 13.6 Å². The van der Waals surface area contributed by atoms with Gasteiger partial charge in [-0.2, -0.15) is 5.10 Å². The van der Waals surface area contributed by atoms with Crippen molar-refractivity contribution in [3.8, 4) is 0 Å². The number of carbonyl (C=O) groups is 1. The molecule has 1 fully saturated rings. The number of thiophene rings is 1. The lowest BCUT2D eigenvalue weighted by Crippen LogP contribution is -2.41. The van der Waals surface area contributed by atoms with Gasteiger partial charge >= 0.3 is 0 Å². The van der Waals surface area contributed by atoms with Crippen LogP contribution in [0, 0.1) is 5.92 Å². The SMILES string of the molecule is O=C(c1ccsc1C(F)F)N1CCCC(Cn2cncn2)C1. The molecule has 0 radical (unpaired) electrons. The fraction of sp³-hybridized carbons (Fsp3) is 0.500. The van der Waals surface area contributed by atoms with Crippen LogP contribution in [0.15, 0.2) is 24.1 Å². The number of amides is 1. The Morgan fingerprint density at radius 3 is 3.09 bits per heavy atom. The highest BCUT2D eigenvalue weighted by Gasteiger charge is 2.28. The number of piperidine rings is 1. The molecule has 0 N–H and O–H groups in total. The second kappa shape index (κ2) is 6.51. The van der Waals surface area contributed by atoms with Gasteiger partial charge in [0.25, 0.3) is 12.3 Å². The van der Waals surface area contributed by atoms with E-state index in [1.54, 1.807) is 21.3 Å². The molecule has 0 aromatic carbocycles. The molecule has 1 amide bonds. The summed E-state index contributed by atoms with van der Waals surface area (Å²) >= 11 is 0.935. The highest BCUT2D eigenvalue weighted by molar-refractivity contribution is 7.10. The standard InChI is InChI=1S/C14H16F2N4OS/c15-13(16)12-11(3-5-22-12)14(21)19-4-1-2-10(6-19)7-20-9-17-8-18-20/h3,5,8-10,13H,1-2,4,6-7H2. The lowest BCUT2D eigenvalue weighted by molar-refractivity contribution is 0.0651. The minimum absolute atomic E-state index is 0.136. The van der Waals surface area contributed by atoms with Crippen LogP contribution in [-0.4, -0.2) is 38.7 Å². The van der Waals surface area contributed by atoms with Crippen LogP contribution in [-0.2, 0) is 6.54 Å². The average Bonchev–Trinajstić information content (AvgIpc) is 3.17. The van der Waals surface area contributed by atoms with Gasteiger partial charge in [-0.3, -0.25) is 9.48 Å². The van der Waals surface area contributed by atoms with Crippen LogP contribution in [0.5, 0.6) is 0 Å². The Morgan fingerprint density at radius 1 is 1.50 bits per heavy atom. The van der Waals surface area contributed by atoms with Crippen molar-refractivity contribution < 1.29 is 13.6 Å². The molecule has 0 spiro atoms. The first-order valence-electron chi connectivity index (χ1n) is 7.12. The van der Waals surface area contributed by atoms with E-state index in [1.165, 1.54) is 12.4 Å². The number of carbonyl (C=O) groups excluding carboxylic acids is 1. The summed E-state index contributed by atoms with van der Waals surface area (Å²) in [6, 6.07) is 1.50. The van der Waals surface area contributed by atoms with Crippen molar-refractivity contribution in [2.45, 2.75) is 25.8 Å². The van der Waals surface area contributed by atoms with Crippen LogP contribution < -0.4 is 0 Å². The summed E-state index contributed by atoms with van der Waals surface area (Å²) in [7, 11) is 0. The molecule has 2 aromatic rings. The highest BCUT2D eigenvalue weighted by atomic mass is 32.1. The molecular weight excluding hydrogens is 310 g/mol. The molecule has 1 aliphatic rings. The van der Waals surface area contributed by atoms with Crippen LogP contribution in [0.4, 0.5) is 8.78 Å².